The molecule has 1 aliphatic heterocycles. The van der Waals surface area contributed by atoms with Crippen molar-refractivity contribution in [2.24, 2.45) is 5.41 Å². The predicted octanol–water partition coefficient (Wildman–Crippen LogP) is 7.65. The first-order valence-corrected chi connectivity index (χ1v) is 12.8. The number of amides is 1. The first kappa shape index (κ1) is 26.8. The Bertz CT molecular complexity index is 605. The van der Waals surface area contributed by atoms with Crippen LogP contribution in [0.2, 0.25) is 0 Å². The summed E-state index contributed by atoms with van der Waals surface area (Å²) in [5.74, 6) is 0.179. The van der Waals surface area contributed by atoms with Crippen LogP contribution in [0.1, 0.15) is 127 Å². The number of nitrogens with zero attached hydrogens (tertiary/aromatic N) is 2. The normalized spacial score (nSPS) is 16.2. The van der Waals surface area contributed by atoms with Gasteiger partial charge in [0.1, 0.15) is 5.69 Å². The van der Waals surface area contributed by atoms with Gasteiger partial charge >= 0.3 is 0 Å². The maximum absolute atomic E-state index is 12.0. The molecule has 0 bridgehead atoms. The van der Waals surface area contributed by atoms with Crippen molar-refractivity contribution in [2.45, 2.75) is 125 Å². The number of likely N-dealkylation sites (N-methyl/N-ethyl adjacent to an activating group) is 1. The monoisotopic (exact) mass is 418 g/mol. The minimum Gasteiger partial charge on any atom is -0.339 e. The number of fused-ring (bicyclic) bond motifs is 3. The van der Waals surface area contributed by atoms with E-state index in [0.717, 1.165) is 31.6 Å². The molecule has 0 fully saturated rings. The molecule has 1 aromatic rings. The molecule has 0 saturated heterocycles. The highest BCUT2D eigenvalue weighted by atomic mass is 16.2. The van der Waals surface area contributed by atoms with E-state index in [1.54, 1.807) is 0 Å². The summed E-state index contributed by atoms with van der Waals surface area (Å²) in [5, 5.41) is 0. The highest BCUT2D eigenvalue weighted by Gasteiger charge is 2.35. The first-order chi connectivity index (χ1) is 14.3. The van der Waals surface area contributed by atoms with Crippen LogP contribution in [0.5, 0.6) is 0 Å². The molecule has 0 unspecified atom stereocenters. The van der Waals surface area contributed by atoms with Gasteiger partial charge in [0.15, 0.2) is 0 Å². The fraction of sp³-hybridized carbons (Fsp3) is 0.815. The summed E-state index contributed by atoms with van der Waals surface area (Å²) >= 11 is 0. The summed E-state index contributed by atoms with van der Waals surface area (Å²) in [4.78, 5) is 13.8. The van der Waals surface area contributed by atoms with E-state index in [4.69, 9.17) is 0 Å². The van der Waals surface area contributed by atoms with Crippen LogP contribution in [0.15, 0.2) is 6.07 Å². The minimum absolute atomic E-state index is 0.179. The molecule has 0 radical (unpaired) electrons. The number of hydrogen-bond acceptors (Lipinski definition) is 1. The van der Waals surface area contributed by atoms with Crippen molar-refractivity contribution in [3.63, 3.8) is 0 Å². The Kier molecular flexibility index (Phi) is 12.4. The van der Waals surface area contributed by atoms with E-state index >= 15 is 0 Å². The maximum atomic E-state index is 12.0. The molecule has 0 N–H and O–H groups in total. The average molecular weight is 419 g/mol. The molecule has 174 valence electrons. The van der Waals surface area contributed by atoms with E-state index in [1.165, 1.54) is 75.5 Å². The SMILES string of the molecule is CCCCCC.CCCCCCCC.CN1CCn2c(cc3c2CC(C)(C)C3)C1=O. The standard InChI is InChI=1S/C13H18N2O.C8H18.C6H14/c1-13(2)7-9-6-10-12(16)14(3)4-5-15(10)11(9)8-13;1-3-5-7-8-6-4-2;1-3-5-6-4-2/h6H,4-5,7-8H2,1-3H3;3-8H2,1-2H3;3-6H2,1-2H3. The van der Waals surface area contributed by atoms with Gasteiger partial charge in [0, 0.05) is 25.8 Å². The van der Waals surface area contributed by atoms with Gasteiger partial charge in [-0.1, -0.05) is 106 Å². The van der Waals surface area contributed by atoms with Crippen molar-refractivity contribution in [2.75, 3.05) is 13.6 Å². The number of carbonyl (C=O) groups excluding carboxylic acids is 1. The molecule has 2 heterocycles. The van der Waals surface area contributed by atoms with Crippen LogP contribution in [0.25, 0.3) is 0 Å². The summed E-state index contributed by atoms with van der Waals surface area (Å²) in [6, 6.07) is 2.11. The van der Waals surface area contributed by atoms with Crippen LogP contribution in [-0.4, -0.2) is 29.0 Å². The van der Waals surface area contributed by atoms with Crippen molar-refractivity contribution >= 4 is 5.91 Å². The molecule has 1 aliphatic carbocycles. The molecule has 3 heteroatoms. The maximum Gasteiger partial charge on any atom is 0.270 e. The molecular weight excluding hydrogens is 368 g/mol. The fourth-order valence-corrected chi connectivity index (χ4v) is 4.37. The molecule has 3 nitrogen and oxygen atoms in total. The third kappa shape index (κ3) is 8.47. The lowest BCUT2D eigenvalue weighted by Crippen LogP contribution is -2.37. The van der Waals surface area contributed by atoms with Crippen molar-refractivity contribution in [3.05, 3.63) is 23.0 Å². The Morgan fingerprint density at radius 3 is 1.80 bits per heavy atom. The van der Waals surface area contributed by atoms with E-state index in [0.29, 0.717) is 5.41 Å². The third-order valence-electron chi connectivity index (χ3n) is 6.25. The highest BCUT2D eigenvalue weighted by Crippen LogP contribution is 2.38. The zero-order chi connectivity index (χ0) is 22.6. The van der Waals surface area contributed by atoms with Crippen LogP contribution in [0.4, 0.5) is 0 Å². The number of unbranched alkanes of at least 4 members (excludes halogenated alkanes) is 8. The molecule has 0 atom stereocenters. The molecule has 0 saturated carbocycles. The second kappa shape index (κ2) is 13.9. The smallest absolute Gasteiger partial charge is 0.270 e. The van der Waals surface area contributed by atoms with Crippen LogP contribution in [0, 0.1) is 5.41 Å². The lowest BCUT2D eigenvalue weighted by Gasteiger charge is -2.26. The largest absolute Gasteiger partial charge is 0.339 e. The quantitative estimate of drug-likeness (QED) is 0.398. The van der Waals surface area contributed by atoms with Crippen molar-refractivity contribution in [3.8, 4) is 0 Å². The number of hydrogen-bond donors (Lipinski definition) is 0. The van der Waals surface area contributed by atoms with Crippen LogP contribution in [0.3, 0.4) is 0 Å². The summed E-state index contributed by atoms with van der Waals surface area (Å²) in [6.45, 7) is 15.4. The lowest BCUT2D eigenvalue weighted by atomic mass is 9.90. The van der Waals surface area contributed by atoms with Gasteiger partial charge in [-0.15, -0.1) is 0 Å². The molecule has 1 aromatic heterocycles. The molecule has 2 aliphatic rings. The second-order valence-electron chi connectivity index (χ2n) is 10.0. The topological polar surface area (TPSA) is 25.2 Å². The Morgan fingerprint density at radius 2 is 1.30 bits per heavy atom. The molecule has 0 spiro atoms. The zero-order valence-electron chi connectivity index (χ0n) is 21.3. The molecule has 3 rings (SSSR count). The van der Waals surface area contributed by atoms with Gasteiger partial charge in [0.25, 0.3) is 5.91 Å². The Labute approximate surface area is 187 Å². The lowest BCUT2D eigenvalue weighted by molar-refractivity contribution is 0.0747. The number of rotatable bonds is 8. The third-order valence-corrected chi connectivity index (χ3v) is 6.25. The Balaban J connectivity index is 0.000000272. The minimum atomic E-state index is 0.179. The van der Waals surface area contributed by atoms with Crippen molar-refractivity contribution in [1.82, 2.24) is 9.47 Å². The summed E-state index contributed by atoms with van der Waals surface area (Å²) < 4.78 is 2.24. The van der Waals surface area contributed by atoms with Gasteiger partial charge < -0.3 is 9.47 Å². The molecule has 1 amide bonds. The Morgan fingerprint density at radius 1 is 0.800 bits per heavy atom. The number of carbonyl (C=O) groups is 1. The van der Waals surface area contributed by atoms with E-state index in [9.17, 15) is 4.79 Å². The van der Waals surface area contributed by atoms with Gasteiger partial charge in [-0.25, -0.2) is 0 Å². The van der Waals surface area contributed by atoms with Gasteiger partial charge in [-0.2, -0.15) is 0 Å². The summed E-state index contributed by atoms with van der Waals surface area (Å²) in [6.07, 6.45) is 16.2. The summed E-state index contributed by atoms with van der Waals surface area (Å²) in [7, 11) is 1.88. The highest BCUT2D eigenvalue weighted by molar-refractivity contribution is 5.93. The molecule has 0 aromatic carbocycles. The van der Waals surface area contributed by atoms with Crippen LogP contribution < -0.4 is 0 Å². The van der Waals surface area contributed by atoms with E-state index < -0.39 is 0 Å². The predicted molar refractivity (Wildman–Crippen MR) is 131 cm³/mol. The second-order valence-corrected chi connectivity index (χ2v) is 10.0. The van der Waals surface area contributed by atoms with Gasteiger partial charge in [-0.3, -0.25) is 4.79 Å². The Hall–Kier alpha value is -1.25. The van der Waals surface area contributed by atoms with E-state index in [2.05, 4.69) is 52.2 Å². The van der Waals surface area contributed by atoms with Gasteiger partial charge in [-0.05, 0) is 29.9 Å². The molecular formula is C27H50N2O. The van der Waals surface area contributed by atoms with E-state index in [-0.39, 0.29) is 5.91 Å². The van der Waals surface area contributed by atoms with Gasteiger partial charge in [0.05, 0.1) is 0 Å². The van der Waals surface area contributed by atoms with Crippen LogP contribution in [-0.2, 0) is 19.4 Å². The van der Waals surface area contributed by atoms with Crippen molar-refractivity contribution in [1.29, 1.82) is 0 Å². The van der Waals surface area contributed by atoms with Crippen molar-refractivity contribution < 1.29 is 4.79 Å². The summed E-state index contributed by atoms with van der Waals surface area (Å²) in [5.41, 5.74) is 4.07. The first-order valence-electron chi connectivity index (χ1n) is 12.8. The van der Waals surface area contributed by atoms with Crippen LogP contribution >= 0.6 is 0 Å². The fourth-order valence-electron chi connectivity index (χ4n) is 4.37. The number of aromatic nitrogens is 1. The average Bonchev–Trinajstić information content (AvgIpc) is 3.20. The van der Waals surface area contributed by atoms with Gasteiger partial charge in [0.2, 0.25) is 0 Å². The molecule has 30 heavy (non-hydrogen) atoms. The van der Waals surface area contributed by atoms with E-state index in [1.807, 2.05) is 11.9 Å². The zero-order valence-corrected chi connectivity index (χ0v) is 21.3.